The van der Waals surface area contributed by atoms with E-state index in [9.17, 15) is 14.7 Å². The van der Waals surface area contributed by atoms with Gasteiger partial charge in [0.25, 0.3) is 5.91 Å². The number of ketones is 1. The first-order valence-corrected chi connectivity index (χ1v) is 9.89. The number of amides is 1. The van der Waals surface area contributed by atoms with Crippen LogP contribution in [-0.4, -0.2) is 52.4 Å². The van der Waals surface area contributed by atoms with E-state index < -0.39 is 30.4 Å². The van der Waals surface area contributed by atoms with Gasteiger partial charge in [-0.05, 0) is 68.1 Å². The minimum Gasteiger partial charge on any atom is -0.396 e. The lowest BCUT2D eigenvalue weighted by atomic mass is 10.1. The molecule has 0 aliphatic rings. The van der Waals surface area contributed by atoms with Gasteiger partial charge in [0.1, 0.15) is 12.6 Å². The number of aliphatic hydroxyl groups is 3. The Balaban J connectivity index is 1.99. The molecule has 30 heavy (non-hydrogen) atoms. The Bertz CT molecular complexity index is 892. The summed E-state index contributed by atoms with van der Waals surface area (Å²) >= 11 is 0. The fourth-order valence-electron chi connectivity index (χ4n) is 2.84. The molecule has 0 bridgehead atoms. The van der Waals surface area contributed by atoms with E-state index in [0.717, 1.165) is 30.4 Å². The van der Waals surface area contributed by atoms with E-state index in [4.69, 9.17) is 10.2 Å². The molecular weight excluding hydrogens is 382 g/mol. The maximum absolute atomic E-state index is 12.3. The molecule has 0 radical (unpaired) electrons. The molecule has 0 saturated carbocycles. The SMILES string of the molecule is C[C@@H](O)[C@H](NC(=O)c1ccc(C#Cc2ccc(CCCCO)cc2)cc1)C(=O)CO. The van der Waals surface area contributed by atoms with Crippen LogP contribution in [0.25, 0.3) is 0 Å². The first-order valence-electron chi connectivity index (χ1n) is 9.89. The standard InChI is InChI=1S/C24H27NO5/c1-17(28)23(22(29)16-27)25-24(30)21-13-11-20(12-14-21)10-9-19-7-5-18(6-8-19)4-2-3-15-26/h5-8,11-14,17,23,26-28H,2-4,15-16H2,1H3,(H,25,30)/t17-,23+/m1/s1. The number of hydrogen-bond donors (Lipinski definition) is 4. The normalized spacial score (nSPS) is 12.4. The van der Waals surface area contributed by atoms with E-state index >= 15 is 0 Å². The highest BCUT2D eigenvalue weighted by Crippen LogP contribution is 2.09. The zero-order chi connectivity index (χ0) is 21.9. The highest BCUT2D eigenvalue weighted by Gasteiger charge is 2.25. The lowest BCUT2D eigenvalue weighted by Gasteiger charge is -2.19. The lowest BCUT2D eigenvalue weighted by molar-refractivity contribution is -0.125. The summed E-state index contributed by atoms with van der Waals surface area (Å²) in [5.41, 5.74) is 3.14. The van der Waals surface area contributed by atoms with Gasteiger partial charge in [-0.15, -0.1) is 0 Å². The number of nitrogens with one attached hydrogen (secondary N) is 1. The molecule has 6 heteroatoms. The van der Waals surface area contributed by atoms with E-state index in [1.807, 2.05) is 24.3 Å². The van der Waals surface area contributed by atoms with Gasteiger partial charge in [0, 0.05) is 23.3 Å². The van der Waals surface area contributed by atoms with Gasteiger partial charge in [0.15, 0.2) is 5.78 Å². The Morgan fingerprint density at radius 3 is 2.00 bits per heavy atom. The number of Topliss-reactive ketones (excluding diaryl/α,β-unsaturated/α-hetero) is 1. The molecule has 0 heterocycles. The van der Waals surface area contributed by atoms with Crippen molar-refractivity contribution < 1.29 is 24.9 Å². The molecule has 0 aromatic heterocycles. The molecule has 0 aliphatic heterocycles. The van der Waals surface area contributed by atoms with Crippen molar-refractivity contribution in [2.75, 3.05) is 13.2 Å². The van der Waals surface area contributed by atoms with Crippen molar-refractivity contribution in [3.05, 3.63) is 70.8 Å². The smallest absolute Gasteiger partial charge is 0.251 e. The zero-order valence-corrected chi connectivity index (χ0v) is 17.0. The highest BCUT2D eigenvalue weighted by atomic mass is 16.3. The summed E-state index contributed by atoms with van der Waals surface area (Å²) in [5.74, 6) is 4.95. The third kappa shape index (κ3) is 7.12. The number of rotatable bonds is 9. The van der Waals surface area contributed by atoms with Crippen LogP contribution in [0, 0.1) is 11.8 Å². The number of carbonyl (C=O) groups excluding carboxylic acids is 2. The van der Waals surface area contributed by atoms with Crippen molar-refractivity contribution in [3.8, 4) is 11.8 Å². The third-order valence-electron chi connectivity index (χ3n) is 4.60. The van der Waals surface area contributed by atoms with Crippen molar-refractivity contribution in [2.45, 2.75) is 38.3 Å². The van der Waals surface area contributed by atoms with Gasteiger partial charge in [0.2, 0.25) is 0 Å². The summed E-state index contributed by atoms with van der Waals surface area (Å²) < 4.78 is 0. The average molecular weight is 409 g/mol. The van der Waals surface area contributed by atoms with Crippen LogP contribution in [0.5, 0.6) is 0 Å². The molecule has 2 aromatic carbocycles. The molecule has 158 valence electrons. The second kappa shape index (κ2) is 11.9. The number of unbranched alkanes of at least 4 members (excludes halogenated alkanes) is 1. The summed E-state index contributed by atoms with van der Waals surface area (Å²) in [6, 6.07) is 13.4. The number of hydrogen-bond acceptors (Lipinski definition) is 5. The predicted octanol–water partition coefficient (Wildman–Crippen LogP) is 1.44. The summed E-state index contributed by atoms with van der Waals surface area (Å²) in [7, 11) is 0. The van der Waals surface area contributed by atoms with E-state index in [0.29, 0.717) is 5.56 Å². The quantitative estimate of drug-likeness (QED) is 0.370. The molecule has 6 nitrogen and oxygen atoms in total. The second-order valence-electron chi connectivity index (χ2n) is 7.02. The molecule has 0 saturated heterocycles. The minimum absolute atomic E-state index is 0.214. The first-order chi connectivity index (χ1) is 14.4. The molecule has 2 aromatic rings. The van der Waals surface area contributed by atoms with Gasteiger partial charge in [-0.2, -0.15) is 0 Å². The molecule has 4 N–H and O–H groups in total. The number of aryl methyl sites for hydroxylation is 1. The number of aliphatic hydroxyl groups excluding tert-OH is 3. The van der Waals surface area contributed by atoms with Crippen molar-refractivity contribution in [3.63, 3.8) is 0 Å². The molecule has 2 atom stereocenters. The topological polar surface area (TPSA) is 107 Å². The molecule has 0 spiro atoms. The lowest BCUT2D eigenvalue weighted by Crippen LogP contribution is -2.48. The van der Waals surface area contributed by atoms with Crippen molar-refractivity contribution >= 4 is 11.7 Å². The second-order valence-corrected chi connectivity index (χ2v) is 7.02. The molecular formula is C24H27NO5. The summed E-state index contributed by atoms with van der Waals surface area (Å²) in [6.07, 6.45) is 1.57. The largest absolute Gasteiger partial charge is 0.396 e. The van der Waals surface area contributed by atoms with Crippen LogP contribution in [0.4, 0.5) is 0 Å². The van der Waals surface area contributed by atoms with Gasteiger partial charge in [-0.1, -0.05) is 24.0 Å². The Labute approximate surface area is 176 Å². The first kappa shape index (κ1) is 23.3. The monoisotopic (exact) mass is 409 g/mol. The predicted molar refractivity (Wildman–Crippen MR) is 114 cm³/mol. The van der Waals surface area contributed by atoms with Crippen LogP contribution in [0.15, 0.2) is 48.5 Å². The van der Waals surface area contributed by atoms with Crippen LogP contribution < -0.4 is 5.32 Å². The van der Waals surface area contributed by atoms with Gasteiger partial charge < -0.3 is 20.6 Å². The Morgan fingerprint density at radius 1 is 0.933 bits per heavy atom. The Kier molecular flexibility index (Phi) is 9.23. The van der Waals surface area contributed by atoms with Crippen molar-refractivity contribution in [2.24, 2.45) is 0 Å². The van der Waals surface area contributed by atoms with Crippen LogP contribution in [0.2, 0.25) is 0 Å². The van der Waals surface area contributed by atoms with E-state index in [1.165, 1.54) is 12.5 Å². The van der Waals surface area contributed by atoms with E-state index in [1.54, 1.807) is 24.3 Å². The molecule has 2 rings (SSSR count). The van der Waals surface area contributed by atoms with Crippen LogP contribution in [0.3, 0.4) is 0 Å². The third-order valence-corrected chi connectivity index (χ3v) is 4.60. The number of carbonyl (C=O) groups is 2. The summed E-state index contributed by atoms with van der Waals surface area (Å²) in [6.45, 7) is 0.832. The van der Waals surface area contributed by atoms with Crippen LogP contribution >= 0.6 is 0 Å². The van der Waals surface area contributed by atoms with Gasteiger partial charge in [-0.25, -0.2) is 0 Å². The highest BCUT2D eigenvalue weighted by molar-refractivity contribution is 5.98. The van der Waals surface area contributed by atoms with Gasteiger partial charge >= 0.3 is 0 Å². The fraction of sp³-hybridized carbons (Fsp3) is 0.333. The van der Waals surface area contributed by atoms with Crippen molar-refractivity contribution in [1.29, 1.82) is 0 Å². The molecule has 0 aliphatic carbocycles. The minimum atomic E-state index is -1.16. The fourth-order valence-corrected chi connectivity index (χ4v) is 2.84. The van der Waals surface area contributed by atoms with Crippen LogP contribution in [0.1, 0.15) is 46.8 Å². The van der Waals surface area contributed by atoms with E-state index in [2.05, 4.69) is 17.2 Å². The number of benzene rings is 2. The Morgan fingerprint density at radius 2 is 1.50 bits per heavy atom. The summed E-state index contributed by atoms with van der Waals surface area (Å²) in [4.78, 5) is 23.9. The maximum atomic E-state index is 12.3. The van der Waals surface area contributed by atoms with Crippen LogP contribution in [-0.2, 0) is 11.2 Å². The van der Waals surface area contributed by atoms with E-state index in [-0.39, 0.29) is 6.61 Å². The molecule has 0 unspecified atom stereocenters. The molecule has 1 amide bonds. The average Bonchev–Trinajstić information content (AvgIpc) is 2.76. The van der Waals surface area contributed by atoms with Gasteiger partial charge in [0.05, 0.1) is 6.10 Å². The summed E-state index contributed by atoms with van der Waals surface area (Å²) in [5, 5.41) is 29.9. The zero-order valence-electron chi connectivity index (χ0n) is 17.0. The van der Waals surface area contributed by atoms with Crippen molar-refractivity contribution in [1.82, 2.24) is 5.32 Å². The Hall–Kier alpha value is -2.98. The maximum Gasteiger partial charge on any atom is 0.251 e. The molecule has 0 fully saturated rings. The van der Waals surface area contributed by atoms with Gasteiger partial charge in [-0.3, -0.25) is 9.59 Å².